The van der Waals surface area contributed by atoms with Crippen molar-refractivity contribution in [3.8, 4) is 0 Å². The molecule has 0 saturated carbocycles. The summed E-state index contributed by atoms with van der Waals surface area (Å²) in [5.41, 5.74) is 3.52. The summed E-state index contributed by atoms with van der Waals surface area (Å²) >= 11 is 0. The number of hydrogen-bond acceptors (Lipinski definition) is 2. The molecule has 0 radical (unpaired) electrons. The number of carbonyl (C=O) groups excluding carboxylic acids is 1. The van der Waals surface area contributed by atoms with Gasteiger partial charge in [-0.2, -0.15) is 5.10 Å². The van der Waals surface area contributed by atoms with Crippen molar-refractivity contribution in [2.24, 2.45) is 11.0 Å². The number of carbonyl (C=O) groups is 1. The van der Waals surface area contributed by atoms with E-state index in [0.29, 0.717) is 0 Å². The third kappa shape index (κ3) is 2.74. The molecule has 92 valence electrons. The van der Waals surface area contributed by atoms with E-state index in [4.69, 9.17) is 0 Å². The van der Waals surface area contributed by atoms with Gasteiger partial charge >= 0.3 is 0 Å². The molecule has 0 aliphatic rings. The van der Waals surface area contributed by atoms with Gasteiger partial charge < -0.3 is 0 Å². The van der Waals surface area contributed by atoms with Gasteiger partial charge in [0.15, 0.2) is 0 Å². The normalized spacial score (nSPS) is 11.3. The minimum absolute atomic E-state index is 0.0605. The summed E-state index contributed by atoms with van der Waals surface area (Å²) in [5.74, 6) is -0.138. The highest BCUT2D eigenvalue weighted by atomic mass is 16.2. The standard InChI is InChI=1S/C15H16N2O/c1-11(2)15(18)17-16-10-13-8-5-7-12-6-3-4-9-14(12)13/h3-11H,1-2H3,(H,17,18)/b16-10+. The van der Waals surface area contributed by atoms with E-state index < -0.39 is 0 Å². The summed E-state index contributed by atoms with van der Waals surface area (Å²) in [5, 5.41) is 6.28. The Bertz CT molecular complexity index is 583. The van der Waals surface area contributed by atoms with Crippen LogP contribution < -0.4 is 5.43 Å². The quantitative estimate of drug-likeness (QED) is 0.650. The van der Waals surface area contributed by atoms with E-state index in [-0.39, 0.29) is 11.8 Å². The second kappa shape index (κ2) is 5.45. The lowest BCUT2D eigenvalue weighted by Crippen LogP contribution is -2.22. The van der Waals surface area contributed by atoms with E-state index in [1.165, 1.54) is 0 Å². The molecule has 1 amide bonds. The molecule has 0 atom stereocenters. The van der Waals surface area contributed by atoms with Gasteiger partial charge in [0.05, 0.1) is 6.21 Å². The lowest BCUT2D eigenvalue weighted by atomic mass is 10.1. The van der Waals surface area contributed by atoms with Crippen LogP contribution in [0.1, 0.15) is 19.4 Å². The molecule has 0 saturated heterocycles. The maximum Gasteiger partial charge on any atom is 0.242 e. The summed E-state index contributed by atoms with van der Waals surface area (Å²) in [6.07, 6.45) is 1.68. The summed E-state index contributed by atoms with van der Waals surface area (Å²) in [6, 6.07) is 14.1. The van der Waals surface area contributed by atoms with Gasteiger partial charge in [0.25, 0.3) is 0 Å². The lowest BCUT2D eigenvalue weighted by molar-refractivity contribution is -0.123. The van der Waals surface area contributed by atoms with E-state index in [9.17, 15) is 4.79 Å². The first-order chi connectivity index (χ1) is 8.68. The average molecular weight is 240 g/mol. The number of amides is 1. The van der Waals surface area contributed by atoms with Crippen molar-refractivity contribution < 1.29 is 4.79 Å². The van der Waals surface area contributed by atoms with Gasteiger partial charge in [-0.3, -0.25) is 4.79 Å². The topological polar surface area (TPSA) is 41.5 Å². The SMILES string of the molecule is CC(C)C(=O)N/N=C/c1cccc2ccccc12. The Labute approximate surface area is 107 Å². The van der Waals surface area contributed by atoms with Crippen LogP contribution in [0.25, 0.3) is 10.8 Å². The van der Waals surface area contributed by atoms with E-state index in [2.05, 4.69) is 22.7 Å². The van der Waals surface area contributed by atoms with Gasteiger partial charge in [-0.05, 0) is 10.8 Å². The van der Waals surface area contributed by atoms with Crippen LogP contribution in [-0.2, 0) is 4.79 Å². The second-order valence-electron chi connectivity index (χ2n) is 4.46. The molecule has 0 aliphatic heterocycles. The van der Waals surface area contributed by atoms with Crippen molar-refractivity contribution in [1.82, 2.24) is 5.43 Å². The minimum Gasteiger partial charge on any atom is -0.273 e. The fourth-order valence-corrected chi connectivity index (χ4v) is 1.66. The van der Waals surface area contributed by atoms with Gasteiger partial charge in [-0.1, -0.05) is 56.3 Å². The molecular formula is C15H16N2O. The van der Waals surface area contributed by atoms with Crippen LogP contribution in [0.3, 0.4) is 0 Å². The smallest absolute Gasteiger partial charge is 0.242 e. The largest absolute Gasteiger partial charge is 0.273 e. The van der Waals surface area contributed by atoms with Crippen LogP contribution in [0.2, 0.25) is 0 Å². The lowest BCUT2D eigenvalue weighted by Gasteiger charge is -2.03. The molecule has 2 aromatic carbocycles. The van der Waals surface area contributed by atoms with Crippen LogP contribution in [0, 0.1) is 5.92 Å². The van der Waals surface area contributed by atoms with Gasteiger partial charge in [0.2, 0.25) is 5.91 Å². The third-order valence-electron chi connectivity index (χ3n) is 2.73. The third-order valence-corrected chi connectivity index (χ3v) is 2.73. The number of nitrogens with one attached hydrogen (secondary N) is 1. The number of nitrogens with zero attached hydrogens (tertiary/aromatic N) is 1. The van der Waals surface area contributed by atoms with Crippen molar-refractivity contribution in [3.05, 3.63) is 48.0 Å². The Morgan fingerprint density at radius 3 is 2.67 bits per heavy atom. The predicted molar refractivity (Wildman–Crippen MR) is 74.5 cm³/mol. The van der Waals surface area contributed by atoms with Crippen molar-refractivity contribution in [2.45, 2.75) is 13.8 Å². The maximum atomic E-state index is 11.4. The van der Waals surface area contributed by atoms with Crippen LogP contribution in [0.4, 0.5) is 0 Å². The predicted octanol–water partition coefficient (Wildman–Crippen LogP) is 2.95. The molecule has 0 aliphatic carbocycles. The van der Waals surface area contributed by atoms with Gasteiger partial charge in [-0.15, -0.1) is 0 Å². The highest BCUT2D eigenvalue weighted by Gasteiger charge is 2.04. The number of hydrazone groups is 1. The zero-order valence-corrected chi connectivity index (χ0v) is 10.6. The van der Waals surface area contributed by atoms with Crippen LogP contribution in [-0.4, -0.2) is 12.1 Å². The molecule has 2 rings (SSSR count). The summed E-state index contributed by atoms with van der Waals surface area (Å²) in [4.78, 5) is 11.4. The first-order valence-corrected chi connectivity index (χ1v) is 5.99. The maximum absolute atomic E-state index is 11.4. The Hall–Kier alpha value is -2.16. The Kier molecular flexibility index (Phi) is 3.72. The fourth-order valence-electron chi connectivity index (χ4n) is 1.66. The van der Waals surface area contributed by atoms with Crippen LogP contribution >= 0.6 is 0 Å². The molecular weight excluding hydrogens is 224 g/mol. The molecule has 3 heteroatoms. The molecule has 0 spiro atoms. The molecule has 18 heavy (non-hydrogen) atoms. The van der Waals surface area contributed by atoms with E-state index in [0.717, 1.165) is 16.3 Å². The highest BCUT2D eigenvalue weighted by molar-refractivity contribution is 5.99. The van der Waals surface area contributed by atoms with E-state index in [1.54, 1.807) is 6.21 Å². The fraction of sp³-hybridized carbons (Fsp3) is 0.200. The average Bonchev–Trinajstić information content (AvgIpc) is 2.38. The number of hydrogen-bond donors (Lipinski definition) is 1. The monoisotopic (exact) mass is 240 g/mol. The summed E-state index contributed by atoms with van der Waals surface area (Å²) < 4.78 is 0. The van der Waals surface area contributed by atoms with Gasteiger partial charge in [0.1, 0.15) is 0 Å². The summed E-state index contributed by atoms with van der Waals surface area (Å²) in [6.45, 7) is 3.67. The number of fused-ring (bicyclic) bond motifs is 1. The zero-order valence-electron chi connectivity index (χ0n) is 10.6. The minimum atomic E-state index is -0.0773. The van der Waals surface area contributed by atoms with Crippen molar-refractivity contribution >= 4 is 22.9 Å². The van der Waals surface area contributed by atoms with Crippen molar-refractivity contribution in [1.29, 1.82) is 0 Å². The molecule has 0 bridgehead atoms. The highest BCUT2D eigenvalue weighted by Crippen LogP contribution is 2.16. The first kappa shape index (κ1) is 12.3. The zero-order chi connectivity index (χ0) is 13.0. The molecule has 0 fully saturated rings. The molecule has 0 aromatic heterocycles. The Morgan fingerprint density at radius 2 is 1.89 bits per heavy atom. The molecule has 3 nitrogen and oxygen atoms in total. The van der Waals surface area contributed by atoms with E-state index >= 15 is 0 Å². The first-order valence-electron chi connectivity index (χ1n) is 5.99. The van der Waals surface area contributed by atoms with E-state index in [1.807, 2.05) is 44.2 Å². The molecule has 0 unspecified atom stereocenters. The van der Waals surface area contributed by atoms with Crippen molar-refractivity contribution in [2.75, 3.05) is 0 Å². The van der Waals surface area contributed by atoms with Crippen LogP contribution in [0.15, 0.2) is 47.6 Å². The summed E-state index contributed by atoms with van der Waals surface area (Å²) in [7, 11) is 0. The Morgan fingerprint density at radius 1 is 1.17 bits per heavy atom. The van der Waals surface area contributed by atoms with Gasteiger partial charge in [0, 0.05) is 11.5 Å². The number of benzene rings is 2. The van der Waals surface area contributed by atoms with Crippen molar-refractivity contribution in [3.63, 3.8) is 0 Å². The van der Waals surface area contributed by atoms with Crippen LogP contribution in [0.5, 0.6) is 0 Å². The molecule has 2 aromatic rings. The second-order valence-corrected chi connectivity index (χ2v) is 4.46. The number of rotatable bonds is 3. The molecule has 1 N–H and O–H groups in total. The Balaban J connectivity index is 2.22. The van der Waals surface area contributed by atoms with Gasteiger partial charge in [-0.25, -0.2) is 5.43 Å². The molecule has 0 heterocycles.